The minimum absolute atomic E-state index is 0.0158. The van der Waals surface area contributed by atoms with Crippen LogP contribution in [-0.2, 0) is 17.6 Å². The molecule has 25 heavy (non-hydrogen) atoms. The first-order valence-electron chi connectivity index (χ1n) is 9.87. The van der Waals surface area contributed by atoms with E-state index in [4.69, 9.17) is 0 Å². The Hall–Kier alpha value is -1.36. The zero-order valence-corrected chi connectivity index (χ0v) is 16.1. The molecule has 1 saturated carbocycles. The summed E-state index contributed by atoms with van der Waals surface area (Å²) in [4.78, 5) is 27.7. The Kier molecular flexibility index (Phi) is 6.15. The largest absolute Gasteiger partial charge is 0.354 e. The molecule has 1 aromatic heterocycles. The molecule has 0 radical (unpaired) electrons. The number of carbonyl (C=O) groups is 2. The summed E-state index contributed by atoms with van der Waals surface area (Å²) in [5.41, 5.74) is 0.634. The van der Waals surface area contributed by atoms with E-state index in [0.29, 0.717) is 6.54 Å². The summed E-state index contributed by atoms with van der Waals surface area (Å²) in [6.07, 6.45) is 11.8. The van der Waals surface area contributed by atoms with Crippen molar-refractivity contribution in [3.8, 4) is 0 Å². The molecule has 2 amide bonds. The third-order valence-electron chi connectivity index (χ3n) is 5.55. The number of hydrogen-bond donors (Lipinski definition) is 2. The highest BCUT2D eigenvalue weighted by atomic mass is 32.1. The maximum absolute atomic E-state index is 12.9. The molecule has 0 aliphatic heterocycles. The second-order valence-corrected chi connectivity index (χ2v) is 8.57. The van der Waals surface area contributed by atoms with Crippen LogP contribution < -0.4 is 10.6 Å². The monoisotopic (exact) mass is 362 g/mol. The lowest BCUT2D eigenvalue weighted by molar-refractivity contribution is -0.128. The summed E-state index contributed by atoms with van der Waals surface area (Å²) >= 11 is 1.63. The highest BCUT2D eigenvalue weighted by Crippen LogP contribution is 2.31. The Morgan fingerprint density at radius 3 is 2.44 bits per heavy atom. The summed E-state index contributed by atoms with van der Waals surface area (Å²) in [6, 6.07) is 2.08. The maximum atomic E-state index is 12.9. The van der Waals surface area contributed by atoms with Crippen LogP contribution in [0.4, 0.5) is 0 Å². The van der Waals surface area contributed by atoms with E-state index in [9.17, 15) is 9.59 Å². The number of aryl methyl sites for hydroxylation is 2. The van der Waals surface area contributed by atoms with Crippen molar-refractivity contribution in [3.63, 3.8) is 0 Å². The van der Waals surface area contributed by atoms with Crippen LogP contribution in [0.2, 0.25) is 0 Å². The van der Waals surface area contributed by atoms with Gasteiger partial charge in [0, 0.05) is 11.4 Å². The highest BCUT2D eigenvalue weighted by molar-refractivity contribution is 7.14. The van der Waals surface area contributed by atoms with E-state index in [2.05, 4.69) is 16.7 Å². The van der Waals surface area contributed by atoms with Crippen molar-refractivity contribution in [2.24, 2.45) is 0 Å². The van der Waals surface area contributed by atoms with Gasteiger partial charge in [-0.2, -0.15) is 0 Å². The molecule has 0 bridgehead atoms. The van der Waals surface area contributed by atoms with Crippen LogP contribution in [0.1, 0.15) is 84.8 Å². The molecular formula is C20H30N2O2S. The first-order valence-corrected chi connectivity index (χ1v) is 10.7. The summed E-state index contributed by atoms with van der Waals surface area (Å²) in [7, 11) is 0. The number of carbonyl (C=O) groups excluding carboxylic acids is 2. The van der Waals surface area contributed by atoms with E-state index in [1.54, 1.807) is 11.3 Å². The van der Waals surface area contributed by atoms with Crippen LogP contribution in [0, 0.1) is 0 Å². The normalized spacial score (nSPS) is 20.0. The van der Waals surface area contributed by atoms with Gasteiger partial charge in [-0.1, -0.05) is 32.1 Å². The molecule has 0 saturated heterocycles. The molecule has 0 spiro atoms. The third kappa shape index (κ3) is 4.25. The summed E-state index contributed by atoms with van der Waals surface area (Å²) in [5.74, 6) is -0.0807. The van der Waals surface area contributed by atoms with Crippen LogP contribution >= 0.6 is 11.3 Å². The number of hydrogen-bond acceptors (Lipinski definition) is 3. The topological polar surface area (TPSA) is 58.2 Å². The predicted molar refractivity (Wildman–Crippen MR) is 102 cm³/mol. The fraction of sp³-hybridized carbons (Fsp3) is 0.700. The molecule has 1 fully saturated rings. The van der Waals surface area contributed by atoms with E-state index in [1.807, 2.05) is 6.92 Å². The van der Waals surface area contributed by atoms with Gasteiger partial charge in [-0.05, 0) is 57.1 Å². The van der Waals surface area contributed by atoms with Crippen LogP contribution in [-0.4, -0.2) is 23.9 Å². The van der Waals surface area contributed by atoms with Crippen molar-refractivity contribution in [1.82, 2.24) is 10.6 Å². The molecule has 5 heteroatoms. The molecule has 2 aliphatic carbocycles. The van der Waals surface area contributed by atoms with Gasteiger partial charge in [-0.25, -0.2) is 0 Å². The molecule has 2 aliphatic rings. The van der Waals surface area contributed by atoms with E-state index >= 15 is 0 Å². The third-order valence-corrected chi connectivity index (χ3v) is 6.79. The molecule has 138 valence electrons. The Labute approximate surface area is 154 Å². The van der Waals surface area contributed by atoms with E-state index in [0.717, 1.165) is 49.8 Å². The number of nitrogens with one attached hydrogen (secondary N) is 2. The lowest BCUT2D eigenvalue weighted by Crippen LogP contribution is -2.59. The average molecular weight is 363 g/mol. The first kappa shape index (κ1) is 18.4. The molecule has 1 aromatic rings. The molecule has 0 aromatic carbocycles. The molecule has 0 atom stereocenters. The van der Waals surface area contributed by atoms with Gasteiger partial charge in [0.05, 0.1) is 4.88 Å². The van der Waals surface area contributed by atoms with Gasteiger partial charge in [0.15, 0.2) is 0 Å². The molecule has 2 N–H and O–H groups in total. The lowest BCUT2D eigenvalue weighted by atomic mass is 9.80. The standard InChI is InChI=1S/C20H30N2O2S/c1-2-21-19(24)20(12-8-5-9-13-20)22-18(23)17-14-15-10-6-3-4-7-11-16(15)25-17/h14H,2-13H2,1H3,(H,21,24)(H,22,23). The second kappa shape index (κ2) is 8.35. The minimum Gasteiger partial charge on any atom is -0.354 e. The van der Waals surface area contributed by atoms with Crippen molar-refractivity contribution in [2.75, 3.05) is 6.54 Å². The van der Waals surface area contributed by atoms with E-state index in [-0.39, 0.29) is 11.8 Å². The molecule has 3 rings (SSSR count). The lowest BCUT2D eigenvalue weighted by Gasteiger charge is -2.36. The molecular weight excluding hydrogens is 332 g/mol. The SMILES string of the molecule is CCNC(=O)C1(NC(=O)c2cc3c(s2)CCCCCC3)CCCCC1. The maximum Gasteiger partial charge on any atom is 0.262 e. The second-order valence-electron chi connectivity index (χ2n) is 7.43. The summed E-state index contributed by atoms with van der Waals surface area (Å²) in [5, 5.41) is 6.06. The number of likely N-dealkylation sites (N-methyl/N-ethyl adjacent to an activating group) is 1. The van der Waals surface area contributed by atoms with E-state index in [1.165, 1.54) is 36.1 Å². The van der Waals surface area contributed by atoms with Crippen LogP contribution in [0.25, 0.3) is 0 Å². The van der Waals surface area contributed by atoms with Gasteiger partial charge in [0.1, 0.15) is 5.54 Å². The van der Waals surface area contributed by atoms with Gasteiger partial charge in [0.2, 0.25) is 5.91 Å². The summed E-state index contributed by atoms with van der Waals surface area (Å²) < 4.78 is 0. The van der Waals surface area contributed by atoms with Crippen LogP contribution in [0.3, 0.4) is 0 Å². The highest BCUT2D eigenvalue weighted by Gasteiger charge is 2.41. The zero-order chi connectivity index (χ0) is 17.7. The van der Waals surface area contributed by atoms with Gasteiger partial charge < -0.3 is 10.6 Å². The van der Waals surface area contributed by atoms with Crippen LogP contribution in [0.5, 0.6) is 0 Å². The van der Waals surface area contributed by atoms with Gasteiger partial charge in [-0.15, -0.1) is 11.3 Å². The number of amides is 2. The van der Waals surface area contributed by atoms with Crippen molar-refractivity contribution in [2.45, 2.75) is 83.1 Å². The predicted octanol–water partition coefficient (Wildman–Crippen LogP) is 3.98. The number of thiophene rings is 1. The molecule has 4 nitrogen and oxygen atoms in total. The summed E-state index contributed by atoms with van der Waals surface area (Å²) in [6.45, 7) is 2.53. The van der Waals surface area contributed by atoms with Crippen molar-refractivity contribution in [3.05, 3.63) is 21.4 Å². The Morgan fingerprint density at radius 1 is 1.04 bits per heavy atom. The van der Waals surface area contributed by atoms with Crippen molar-refractivity contribution >= 4 is 23.2 Å². The van der Waals surface area contributed by atoms with Crippen LogP contribution in [0.15, 0.2) is 6.07 Å². The fourth-order valence-electron chi connectivity index (χ4n) is 4.13. The quantitative estimate of drug-likeness (QED) is 0.851. The smallest absolute Gasteiger partial charge is 0.262 e. The number of fused-ring (bicyclic) bond motifs is 1. The minimum atomic E-state index is -0.719. The molecule has 0 unspecified atom stereocenters. The average Bonchev–Trinajstić information content (AvgIpc) is 2.98. The van der Waals surface area contributed by atoms with Crippen molar-refractivity contribution < 1.29 is 9.59 Å². The Morgan fingerprint density at radius 2 is 1.72 bits per heavy atom. The van der Waals surface area contributed by atoms with Gasteiger partial charge in [0.25, 0.3) is 5.91 Å². The zero-order valence-electron chi connectivity index (χ0n) is 15.3. The first-order chi connectivity index (χ1) is 12.1. The number of rotatable bonds is 4. The Bertz CT molecular complexity index is 592. The van der Waals surface area contributed by atoms with Crippen molar-refractivity contribution in [1.29, 1.82) is 0 Å². The van der Waals surface area contributed by atoms with Gasteiger partial charge in [-0.3, -0.25) is 9.59 Å². The van der Waals surface area contributed by atoms with Gasteiger partial charge >= 0.3 is 0 Å². The van der Waals surface area contributed by atoms with E-state index < -0.39 is 5.54 Å². The Balaban J connectivity index is 1.77. The molecule has 1 heterocycles. The fourth-order valence-corrected chi connectivity index (χ4v) is 5.28.